The Labute approximate surface area is 139 Å². The summed E-state index contributed by atoms with van der Waals surface area (Å²) in [5.41, 5.74) is 1.61. The molecule has 0 saturated carbocycles. The van der Waals surface area contributed by atoms with Crippen molar-refractivity contribution < 1.29 is 22.6 Å². The van der Waals surface area contributed by atoms with E-state index in [9.17, 15) is 13.2 Å². The number of ether oxygens (including phenoxy) is 2. The van der Waals surface area contributed by atoms with Gasteiger partial charge in [0.25, 0.3) is 0 Å². The standard InChI is InChI=1S/C18H20F3NO2/c1-2-8-22-12-15-9-16(11-17(10-15)24-18(19,20)21)23-13-14-6-4-3-5-7-14/h3-7,9-11,22H,2,8,12-13H2,1H3. The van der Waals surface area contributed by atoms with Gasteiger partial charge in [0.2, 0.25) is 0 Å². The lowest BCUT2D eigenvalue weighted by atomic mass is 10.2. The first-order valence-electron chi connectivity index (χ1n) is 7.73. The van der Waals surface area contributed by atoms with Crippen LogP contribution < -0.4 is 14.8 Å². The largest absolute Gasteiger partial charge is 0.573 e. The topological polar surface area (TPSA) is 30.5 Å². The van der Waals surface area contributed by atoms with E-state index in [4.69, 9.17) is 4.74 Å². The van der Waals surface area contributed by atoms with Crippen molar-refractivity contribution in [3.05, 3.63) is 59.7 Å². The zero-order valence-corrected chi connectivity index (χ0v) is 13.4. The van der Waals surface area contributed by atoms with Gasteiger partial charge in [0, 0.05) is 12.6 Å². The zero-order valence-electron chi connectivity index (χ0n) is 13.4. The van der Waals surface area contributed by atoms with Crippen molar-refractivity contribution in [2.45, 2.75) is 32.9 Å². The maximum atomic E-state index is 12.5. The van der Waals surface area contributed by atoms with E-state index in [1.807, 2.05) is 37.3 Å². The van der Waals surface area contributed by atoms with Crippen LogP contribution in [0.1, 0.15) is 24.5 Å². The highest BCUT2D eigenvalue weighted by Crippen LogP contribution is 2.28. The van der Waals surface area contributed by atoms with Gasteiger partial charge in [-0.2, -0.15) is 0 Å². The van der Waals surface area contributed by atoms with Crippen LogP contribution in [0.25, 0.3) is 0 Å². The fourth-order valence-corrected chi connectivity index (χ4v) is 2.16. The number of rotatable bonds is 8. The molecule has 6 heteroatoms. The third kappa shape index (κ3) is 6.50. The van der Waals surface area contributed by atoms with Gasteiger partial charge >= 0.3 is 6.36 Å². The lowest BCUT2D eigenvalue weighted by Gasteiger charge is -2.14. The van der Waals surface area contributed by atoms with Crippen LogP contribution in [0.4, 0.5) is 13.2 Å². The Kier molecular flexibility index (Phi) is 6.49. The Bertz CT molecular complexity index is 630. The van der Waals surface area contributed by atoms with E-state index in [0.29, 0.717) is 17.9 Å². The predicted molar refractivity (Wildman–Crippen MR) is 85.9 cm³/mol. The second-order valence-corrected chi connectivity index (χ2v) is 5.31. The molecule has 1 N–H and O–H groups in total. The molecular weight excluding hydrogens is 319 g/mol. The summed E-state index contributed by atoms with van der Waals surface area (Å²) in [7, 11) is 0. The minimum absolute atomic E-state index is 0.276. The zero-order chi connectivity index (χ0) is 17.4. The summed E-state index contributed by atoms with van der Waals surface area (Å²) in [4.78, 5) is 0. The smallest absolute Gasteiger partial charge is 0.489 e. The molecule has 0 radical (unpaired) electrons. The van der Waals surface area contributed by atoms with Crippen molar-refractivity contribution in [3.8, 4) is 11.5 Å². The minimum Gasteiger partial charge on any atom is -0.489 e. The van der Waals surface area contributed by atoms with E-state index in [1.165, 1.54) is 12.1 Å². The summed E-state index contributed by atoms with van der Waals surface area (Å²) < 4.78 is 47.1. The number of hydrogen-bond acceptors (Lipinski definition) is 3. The number of hydrogen-bond donors (Lipinski definition) is 1. The van der Waals surface area contributed by atoms with Crippen LogP contribution in [0.3, 0.4) is 0 Å². The van der Waals surface area contributed by atoms with Crippen LogP contribution in [0.2, 0.25) is 0 Å². The Balaban J connectivity index is 2.11. The summed E-state index contributed by atoms with van der Waals surface area (Å²) in [5, 5.41) is 3.15. The van der Waals surface area contributed by atoms with E-state index >= 15 is 0 Å². The van der Waals surface area contributed by atoms with Crippen molar-refractivity contribution in [1.82, 2.24) is 5.32 Å². The molecule has 24 heavy (non-hydrogen) atoms. The first kappa shape index (κ1) is 18.1. The number of halogens is 3. The first-order chi connectivity index (χ1) is 11.5. The molecule has 2 aromatic rings. The maximum absolute atomic E-state index is 12.5. The molecule has 0 heterocycles. The van der Waals surface area contributed by atoms with Gasteiger partial charge in [-0.3, -0.25) is 0 Å². The molecule has 0 saturated heterocycles. The molecule has 0 aliphatic rings. The first-order valence-corrected chi connectivity index (χ1v) is 7.73. The number of alkyl halides is 3. The summed E-state index contributed by atoms with van der Waals surface area (Å²) in [6.45, 7) is 3.53. The van der Waals surface area contributed by atoms with E-state index in [-0.39, 0.29) is 12.4 Å². The fraction of sp³-hybridized carbons (Fsp3) is 0.333. The van der Waals surface area contributed by atoms with Crippen molar-refractivity contribution >= 4 is 0 Å². The third-order valence-corrected chi connectivity index (χ3v) is 3.18. The van der Waals surface area contributed by atoms with Crippen LogP contribution in [-0.4, -0.2) is 12.9 Å². The van der Waals surface area contributed by atoms with E-state index < -0.39 is 6.36 Å². The normalized spacial score (nSPS) is 11.3. The highest BCUT2D eigenvalue weighted by Gasteiger charge is 2.31. The average molecular weight is 339 g/mol. The molecule has 2 aromatic carbocycles. The van der Waals surface area contributed by atoms with Crippen LogP contribution in [-0.2, 0) is 13.2 Å². The molecule has 0 unspecified atom stereocenters. The van der Waals surface area contributed by atoms with Gasteiger partial charge in [0.05, 0.1) is 0 Å². The van der Waals surface area contributed by atoms with Crippen LogP contribution in [0.15, 0.2) is 48.5 Å². The second kappa shape index (κ2) is 8.59. The Morgan fingerprint density at radius 3 is 2.33 bits per heavy atom. The predicted octanol–water partition coefficient (Wildman–Crippen LogP) is 4.66. The quantitative estimate of drug-likeness (QED) is 0.709. The fourth-order valence-electron chi connectivity index (χ4n) is 2.16. The van der Waals surface area contributed by atoms with Gasteiger partial charge in [0.15, 0.2) is 0 Å². The number of nitrogens with one attached hydrogen (secondary N) is 1. The maximum Gasteiger partial charge on any atom is 0.573 e. The minimum atomic E-state index is -4.73. The summed E-state index contributed by atoms with van der Waals surface area (Å²) in [5.74, 6) is 0.0651. The average Bonchev–Trinajstić information content (AvgIpc) is 2.52. The molecule has 0 aliphatic carbocycles. The van der Waals surface area contributed by atoms with Gasteiger partial charge in [-0.15, -0.1) is 13.2 Å². The molecule has 0 aromatic heterocycles. The highest BCUT2D eigenvalue weighted by atomic mass is 19.4. The summed E-state index contributed by atoms with van der Waals surface area (Å²) in [6.07, 6.45) is -3.79. The summed E-state index contributed by atoms with van der Waals surface area (Å²) in [6, 6.07) is 13.8. The van der Waals surface area contributed by atoms with Crippen LogP contribution >= 0.6 is 0 Å². The molecule has 0 atom stereocenters. The lowest BCUT2D eigenvalue weighted by Crippen LogP contribution is -2.18. The van der Waals surface area contributed by atoms with E-state index in [0.717, 1.165) is 18.5 Å². The van der Waals surface area contributed by atoms with Gasteiger partial charge in [-0.05, 0) is 36.2 Å². The monoisotopic (exact) mass is 339 g/mol. The molecule has 0 aliphatic heterocycles. The Morgan fingerprint density at radius 1 is 0.958 bits per heavy atom. The van der Waals surface area contributed by atoms with Gasteiger partial charge in [-0.1, -0.05) is 37.3 Å². The van der Waals surface area contributed by atoms with Crippen molar-refractivity contribution in [1.29, 1.82) is 0 Å². The van der Waals surface area contributed by atoms with Gasteiger partial charge in [0.1, 0.15) is 18.1 Å². The molecule has 2 rings (SSSR count). The highest BCUT2D eigenvalue weighted by molar-refractivity contribution is 5.38. The van der Waals surface area contributed by atoms with Crippen molar-refractivity contribution in [3.63, 3.8) is 0 Å². The number of benzene rings is 2. The lowest BCUT2D eigenvalue weighted by molar-refractivity contribution is -0.274. The second-order valence-electron chi connectivity index (χ2n) is 5.31. The molecular formula is C18H20F3NO2. The Hall–Kier alpha value is -2.21. The third-order valence-electron chi connectivity index (χ3n) is 3.18. The van der Waals surface area contributed by atoms with E-state index in [2.05, 4.69) is 10.1 Å². The molecule has 0 fully saturated rings. The molecule has 0 amide bonds. The molecule has 3 nitrogen and oxygen atoms in total. The van der Waals surface area contributed by atoms with Crippen LogP contribution in [0, 0.1) is 0 Å². The Morgan fingerprint density at radius 2 is 1.67 bits per heavy atom. The van der Waals surface area contributed by atoms with Crippen molar-refractivity contribution in [2.24, 2.45) is 0 Å². The molecule has 130 valence electrons. The van der Waals surface area contributed by atoms with Gasteiger partial charge in [-0.25, -0.2) is 0 Å². The SMILES string of the molecule is CCCNCc1cc(OCc2ccccc2)cc(OC(F)(F)F)c1. The van der Waals surface area contributed by atoms with Gasteiger partial charge < -0.3 is 14.8 Å². The molecule has 0 bridgehead atoms. The van der Waals surface area contributed by atoms with Crippen molar-refractivity contribution in [2.75, 3.05) is 6.54 Å². The summed E-state index contributed by atoms with van der Waals surface area (Å²) >= 11 is 0. The molecule has 0 spiro atoms. The van der Waals surface area contributed by atoms with Crippen LogP contribution in [0.5, 0.6) is 11.5 Å². The van der Waals surface area contributed by atoms with E-state index in [1.54, 1.807) is 6.07 Å².